The van der Waals surface area contributed by atoms with Gasteiger partial charge in [0.25, 0.3) is 0 Å². The Bertz CT molecular complexity index is 564. The van der Waals surface area contributed by atoms with Crippen LogP contribution in [0.2, 0.25) is 5.02 Å². The standard InChI is InChI=1S/C16H15ClO2/c1-2-15(18)13-8-9-16(14(17)10-13)19-11-12-6-4-3-5-7-12/h3-10H,2,11H2,1H3. The van der Waals surface area contributed by atoms with Gasteiger partial charge in [0.1, 0.15) is 12.4 Å². The Morgan fingerprint density at radius 1 is 1.16 bits per heavy atom. The highest BCUT2D eigenvalue weighted by Crippen LogP contribution is 2.26. The third-order valence-corrected chi connectivity index (χ3v) is 3.11. The van der Waals surface area contributed by atoms with E-state index in [0.29, 0.717) is 29.4 Å². The van der Waals surface area contributed by atoms with Crippen LogP contribution in [0.15, 0.2) is 48.5 Å². The average Bonchev–Trinajstić information content (AvgIpc) is 2.46. The number of ketones is 1. The summed E-state index contributed by atoms with van der Waals surface area (Å²) in [6.07, 6.45) is 0.473. The van der Waals surface area contributed by atoms with E-state index in [4.69, 9.17) is 16.3 Å². The van der Waals surface area contributed by atoms with Crippen molar-refractivity contribution in [2.24, 2.45) is 0 Å². The Morgan fingerprint density at radius 2 is 1.89 bits per heavy atom. The first kappa shape index (κ1) is 13.6. The molecule has 0 amide bonds. The number of hydrogen-bond donors (Lipinski definition) is 0. The Morgan fingerprint density at radius 3 is 2.53 bits per heavy atom. The van der Waals surface area contributed by atoms with Crippen LogP contribution in [0.5, 0.6) is 5.75 Å². The fraction of sp³-hybridized carbons (Fsp3) is 0.188. The van der Waals surface area contributed by atoms with Crippen LogP contribution in [0.25, 0.3) is 0 Å². The molecule has 2 aromatic rings. The number of carbonyl (C=O) groups is 1. The van der Waals surface area contributed by atoms with Crippen LogP contribution in [-0.4, -0.2) is 5.78 Å². The molecule has 2 nitrogen and oxygen atoms in total. The third kappa shape index (κ3) is 3.58. The van der Waals surface area contributed by atoms with E-state index in [1.54, 1.807) is 18.2 Å². The van der Waals surface area contributed by atoms with Crippen molar-refractivity contribution in [3.05, 3.63) is 64.7 Å². The van der Waals surface area contributed by atoms with Crippen molar-refractivity contribution in [1.82, 2.24) is 0 Å². The molecule has 3 heteroatoms. The van der Waals surface area contributed by atoms with Crippen LogP contribution in [0.1, 0.15) is 29.3 Å². The van der Waals surface area contributed by atoms with Crippen LogP contribution >= 0.6 is 11.6 Å². The van der Waals surface area contributed by atoms with Gasteiger partial charge in [-0.2, -0.15) is 0 Å². The first-order valence-corrected chi connectivity index (χ1v) is 6.58. The van der Waals surface area contributed by atoms with E-state index >= 15 is 0 Å². The Hall–Kier alpha value is -1.80. The second-order valence-electron chi connectivity index (χ2n) is 4.20. The van der Waals surface area contributed by atoms with Crippen LogP contribution in [0.3, 0.4) is 0 Å². The van der Waals surface area contributed by atoms with Gasteiger partial charge < -0.3 is 4.74 Å². The number of rotatable bonds is 5. The summed E-state index contributed by atoms with van der Waals surface area (Å²) in [4.78, 5) is 11.6. The number of ether oxygens (including phenoxy) is 1. The van der Waals surface area contributed by atoms with Crippen molar-refractivity contribution in [1.29, 1.82) is 0 Å². The van der Waals surface area contributed by atoms with Gasteiger partial charge in [0.15, 0.2) is 5.78 Å². The summed E-state index contributed by atoms with van der Waals surface area (Å²) in [5.41, 5.74) is 1.70. The molecule has 0 aliphatic heterocycles. The molecule has 0 heterocycles. The summed E-state index contributed by atoms with van der Waals surface area (Å²) in [5.74, 6) is 0.676. The molecule has 0 N–H and O–H groups in total. The summed E-state index contributed by atoms with van der Waals surface area (Å²) in [5, 5.41) is 0.468. The topological polar surface area (TPSA) is 26.3 Å². The quantitative estimate of drug-likeness (QED) is 0.750. The predicted molar refractivity (Wildman–Crippen MR) is 76.8 cm³/mol. The second kappa shape index (κ2) is 6.39. The number of halogens is 1. The van der Waals surface area contributed by atoms with Crippen molar-refractivity contribution in [2.75, 3.05) is 0 Å². The normalized spacial score (nSPS) is 10.2. The number of Topliss-reactive ketones (excluding diaryl/α,β-unsaturated/α-hetero) is 1. The largest absolute Gasteiger partial charge is 0.487 e. The molecular weight excluding hydrogens is 260 g/mol. The first-order valence-electron chi connectivity index (χ1n) is 6.20. The van der Waals surface area contributed by atoms with Crippen molar-refractivity contribution >= 4 is 17.4 Å². The van der Waals surface area contributed by atoms with E-state index in [2.05, 4.69) is 0 Å². The minimum absolute atomic E-state index is 0.0801. The van der Waals surface area contributed by atoms with E-state index < -0.39 is 0 Å². The molecule has 0 saturated carbocycles. The van der Waals surface area contributed by atoms with Gasteiger partial charge in [-0.3, -0.25) is 4.79 Å². The fourth-order valence-corrected chi connectivity index (χ4v) is 1.97. The molecule has 0 aromatic heterocycles. The summed E-state index contributed by atoms with van der Waals surface area (Å²) in [7, 11) is 0. The van der Waals surface area contributed by atoms with Crippen LogP contribution in [0.4, 0.5) is 0 Å². The molecule has 0 spiro atoms. The molecule has 19 heavy (non-hydrogen) atoms. The summed E-state index contributed by atoms with van der Waals surface area (Å²) >= 11 is 6.12. The summed E-state index contributed by atoms with van der Waals surface area (Å²) in [6, 6.07) is 15.0. The molecule has 0 radical (unpaired) electrons. The SMILES string of the molecule is CCC(=O)c1ccc(OCc2ccccc2)c(Cl)c1. The monoisotopic (exact) mass is 274 g/mol. The Labute approximate surface area is 118 Å². The van der Waals surface area contributed by atoms with E-state index in [-0.39, 0.29) is 5.78 Å². The fourth-order valence-electron chi connectivity index (χ4n) is 1.73. The van der Waals surface area contributed by atoms with Crippen molar-refractivity contribution in [3.63, 3.8) is 0 Å². The lowest BCUT2D eigenvalue weighted by atomic mass is 10.1. The molecule has 0 saturated heterocycles. The lowest BCUT2D eigenvalue weighted by Gasteiger charge is -2.09. The van der Waals surface area contributed by atoms with Crippen LogP contribution < -0.4 is 4.74 Å². The number of hydrogen-bond acceptors (Lipinski definition) is 2. The molecule has 0 fully saturated rings. The molecule has 0 unspecified atom stereocenters. The Balaban J connectivity index is 2.07. The summed E-state index contributed by atoms with van der Waals surface area (Å²) in [6.45, 7) is 2.29. The lowest BCUT2D eigenvalue weighted by molar-refractivity contribution is 0.0988. The van der Waals surface area contributed by atoms with Gasteiger partial charge in [-0.1, -0.05) is 48.9 Å². The first-order chi connectivity index (χ1) is 9.20. The smallest absolute Gasteiger partial charge is 0.162 e. The van der Waals surface area contributed by atoms with E-state index in [1.165, 1.54) is 0 Å². The molecule has 98 valence electrons. The zero-order valence-corrected chi connectivity index (χ0v) is 11.5. The van der Waals surface area contributed by atoms with Gasteiger partial charge in [0, 0.05) is 12.0 Å². The van der Waals surface area contributed by atoms with E-state index in [1.807, 2.05) is 37.3 Å². The molecule has 2 rings (SSSR count). The van der Waals surface area contributed by atoms with Crippen LogP contribution in [0, 0.1) is 0 Å². The number of benzene rings is 2. The third-order valence-electron chi connectivity index (χ3n) is 2.81. The van der Waals surface area contributed by atoms with Crippen molar-refractivity contribution < 1.29 is 9.53 Å². The predicted octanol–water partition coefficient (Wildman–Crippen LogP) is 4.51. The lowest BCUT2D eigenvalue weighted by Crippen LogP contribution is -1.99. The zero-order valence-electron chi connectivity index (χ0n) is 10.7. The Kier molecular flexibility index (Phi) is 4.58. The molecule has 2 aromatic carbocycles. The summed E-state index contributed by atoms with van der Waals surface area (Å²) < 4.78 is 5.65. The van der Waals surface area contributed by atoms with Gasteiger partial charge in [-0.05, 0) is 23.8 Å². The van der Waals surface area contributed by atoms with Gasteiger partial charge in [0.2, 0.25) is 0 Å². The molecule has 0 aliphatic carbocycles. The van der Waals surface area contributed by atoms with Gasteiger partial charge in [-0.15, -0.1) is 0 Å². The molecular formula is C16H15ClO2. The van der Waals surface area contributed by atoms with E-state index in [9.17, 15) is 4.79 Å². The molecule has 0 atom stereocenters. The van der Waals surface area contributed by atoms with E-state index in [0.717, 1.165) is 5.56 Å². The molecule has 0 aliphatic rings. The van der Waals surface area contributed by atoms with Gasteiger partial charge >= 0.3 is 0 Å². The highest BCUT2D eigenvalue weighted by molar-refractivity contribution is 6.32. The minimum Gasteiger partial charge on any atom is -0.487 e. The number of carbonyl (C=O) groups excluding carboxylic acids is 1. The highest BCUT2D eigenvalue weighted by atomic mass is 35.5. The second-order valence-corrected chi connectivity index (χ2v) is 4.60. The maximum Gasteiger partial charge on any atom is 0.162 e. The van der Waals surface area contributed by atoms with Crippen molar-refractivity contribution in [2.45, 2.75) is 20.0 Å². The van der Waals surface area contributed by atoms with Gasteiger partial charge in [-0.25, -0.2) is 0 Å². The van der Waals surface area contributed by atoms with Gasteiger partial charge in [0.05, 0.1) is 5.02 Å². The highest BCUT2D eigenvalue weighted by Gasteiger charge is 2.08. The van der Waals surface area contributed by atoms with Crippen molar-refractivity contribution in [3.8, 4) is 5.75 Å². The maximum atomic E-state index is 11.6. The zero-order chi connectivity index (χ0) is 13.7. The van der Waals surface area contributed by atoms with Crippen LogP contribution in [-0.2, 0) is 6.61 Å². The maximum absolute atomic E-state index is 11.6. The average molecular weight is 275 g/mol. The minimum atomic E-state index is 0.0801. The molecule has 0 bridgehead atoms.